The minimum atomic E-state index is -0.557. The van der Waals surface area contributed by atoms with Crippen molar-refractivity contribution in [1.29, 1.82) is 0 Å². The molecule has 186 valence electrons. The van der Waals surface area contributed by atoms with Crippen LogP contribution in [-0.4, -0.2) is 58.3 Å². The number of carbonyl (C=O) groups excluding carboxylic acids is 1. The van der Waals surface area contributed by atoms with Crippen LogP contribution in [0.3, 0.4) is 0 Å². The summed E-state index contributed by atoms with van der Waals surface area (Å²) in [6, 6.07) is 9.28. The Bertz CT molecular complexity index is 1440. The number of ether oxygens (including phenoxy) is 1. The van der Waals surface area contributed by atoms with E-state index in [4.69, 9.17) is 15.5 Å². The molecular weight excluding hydrogens is 483 g/mol. The molecule has 1 aliphatic heterocycles. The molecule has 1 saturated heterocycles. The van der Waals surface area contributed by atoms with Crippen LogP contribution in [0.1, 0.15) is 21.9 Å². The van der Waals surface area contributed by atoms with Crippen LogP contribution in [0.2, 0.25) is 0 Å². The average Bonchev–Trinajstić information content (AvgIpc) is 3.44. The molecule has 36 heavy (non-hydrogen) atoms. The minimum Gasteiger partial charge on any atom is -0.496 e. The number of benzene rings is 2. The highest BCUT2D eigenvalue weighted by Crippen LogP contribution is 2.40. The summed E-state index contributed by atoms with van der Waals surface area (Å²) in [6.45, 7) is 2.38. The summed E-state index contributed by atoms with van der Waals surface area (Å²) in [4.78, 5) is 28.5. The van der Waals surface area contributed by atoms with Gasteiger partial charge in [-0.25, -0.2) is 19.3 Å². The van der Waals surface area contributed by atoms with E-state index in [1.165, 1.54) is 31.5 Å². The zero-order chi connectivity index (χ0) is 25.4. The summed E-state index contributed by atoms with van der Waals surface area (Å²) in [7, 11) is 1.43. The molecule has 1 aliphatic rings. The summed E-state index contributed by atoms with van der Waals surface area (Å²) in [5.41, 5.74) is 8.32. The molecule has 0 radical (unpaired) electrons. The maximum Gasteiger partial charge on any atom is 0.274 e. The second-order valence-corrected chi connectivity index (χ2v) is 9.80. The van der Waals surface area contributed by atoms with Crippen molar-refractivity contribution in [2.75, 3.05) is 30.5 Å². The first-order valence-electron chi connectivity index (χ1n) is 11.4. The van der Waals surface area contributed by atoms with E-state index in [-0.39, 0.29) is 41.5 Å². The molecule has 1 amide bonds. The molecule has 5 rings (SSSR count). The van der Waals surface area contributed by atoms with Gasteiger partial charge in [0.15, 0.2) is 5.82 Å². The predicted molar refractivity (Wildman–Crippen MR) is 137 cm³/mol. The van der Waals surface area contributed by atoms with Crippen LogP contribution < -0.4 is 20.7 Å². The van der Waals surface area contributed by atoms with Crippen molar-refractivity contribution in [1.82, 2.24) is 15.0 Å². The van der Waals surface area contributed by atoms with Gasteiger partial charge >= 0.3 is 0 Å². The van der Waals surface area contributed by atoms with Crippen LogP contribution in [-0.2, 0) is 0 Å². The number of aryl methyl sites for hydroxylation is 1. The molecule has 1 fully saturated rings. The lowest BCUT2D eigenvalue weighted by Gasteiger charge is -2.28. The second-order valence-electron chi connectivity index (χ2n) is 8.56. The molecule has 3 heterocycles. The number of aliphatic hydroxyl groups is 1. The number of aliphatic hydroxyl groups excluding tert-OH is 1. The number of fused-ring (bicyclic) bond motifs is 1. The van der Waals surface area contributed by atoms with E-state index < -0.39 is 11.7 Å². The van der Waals surface area contributed by atoms with Gasteiger partial charge in [-0.15, -0.1) is 11.3 Å². The number of hydrogen-bond acceptors (Lipinski definition) is 9. The number of thiazole rings is 1. The Kier molecular flexibility index (Phi) is 6.52. The molecular formula is C25H25FN6O3S. The number of halogens is 1. The fourth-order valence-corrected chi connectivity index (χ4v) is 5.40. The van der Waals surface area contributed by atoms with E-state index in [0.29, 0.717) is 24.3 Å². The number of nitrogens with zero attached hydrogens (tertiary/aromatic N) is 4. The maximum atomic E-state index is 14.6. The Morgan fingerprint density at radius 3 is 2.92 bits per heavy atom. The molecule has 2 aromatic heterocycles. The minimum absolute atomic E-state index is 0.0364. The van der Waals surface area contributed by atoms with E-state index >= 15 is 0 Å². The Hall–Kier alpha value is -3.67. The van der Waals surface area contributed by atoms with Crippen LogP contribution in [0.4, 0.5) is 15.8 Å². The quantitative estimate of drug-likeness (QED) is 0.362. The predicted octanol–water partition coefficient (Wildman–Crippen LogP) is 3.36. The van der Waals surface area contributed by atoms with Crippen LogP contribution in [0.15, 0.2) is 42.6 Å². The van der Waals surface area contributed by atoms with Gasteiger partial charge in [0.05, 0.1) is 46.4 Å². The van der Waals surface area contributed by atoms with Gasteiger partial charge in [0.25, 0.3) is 5.91 Å². The number of anilines is 2. The first kappa shape index (κ1) is 24.0. The molecule has 0 bridgehead atoms. The van der Waals surface area contributed by atoms with Gasteiger partial charge in [0.2, 0.25) is 0 Å². The molecule has 0 spiro atoms. The van der Waals surface area contributed by atoms with E-state index in [2.05, 4.69) is 15.3 Å². The smallest absolute Gasteiger partial charge is 0.274 e. The molecule has 0 saturated carbocycles. The largest absolute Gasteiger partial charge is 0.496 e. The Labute approximate surface area is 210 Å². The number of nitrogens with two attached hydrogens (primary N) is 1. The molecule has 4 N–H and O–H groups in total. The summed E-state index contributed by atoms with van der Waals surface area (Å²) >= 11 is 1.55. The highest BCUT2D eigenvalue weighted by atomic mass is 32.1. The lowest BCUT2D eigenvalue weighted by molar-refractivity contribution is 0.102. The first-order chi connectivity index (χ1) is 17.4. The molecule has 9 nitrogen and oxygen atoms in total. The summed E-state index contributed by atoms with van der Waals surface area (Å²) < 4.78 is 20.8. The molecule has 4 aromatic rings. The van der Waals surface area contributed by atoms with Crippen LogP contribution in [0, 0.1) is 12.7 Å². The SMILES string of the molecule is COc1cccc(F)c1-c1nccc(C(=O)Nc2ccc3sc(C)nc3c2N2C[C@@H](N)C[C@H]2CO)n1. The summed E-state index contributed by atoms with van der Waals surface area (Å²) in [5, 5.41) is 13.8. The van der Waals surface area contributed by atoms with E-state index in [1.807, 2.05) is 24.0 Å². The third kappa shape index (κ3) is 4.36. The fourth-order valence-electron chi connectivity index (χ4n) is 4.57. The maximum absolute atomic E-state index is 14.6. The van der Waals surface area contributed by atoms with Gasteiger partial charge in [-0.2, -0.15) is 0 Å². The number of methoxy groups -OCH3 is 1. The highest BCUT2D eigenvalue weighted by molar-refractivity contribution is 7.18. The van der Waals surface area contributed by atoms with Gasteiger partial charge in [0, 0.05) is 18.8 Å². The molecule has 2 aromatic carbocycles. The van der Waals surface area contributed by atoms with Gasteiger partial charge in [-0.05, 0) is 43.7 Å². The lowest BCUT2D eigenvalue weighted by Crippen LogP contribution is -2.34. The second kappa shape index (κ2) is 9.76. The van der Waals surface area contributed by atoms with Crippen molar-refractivity contribution in [3.8, 4) is 17.1 Å². The third-order valence-electron chi connectivity index (χ3n) is 6.14. The van der Waals surface area contributed by atoms with Gasteiger partial charge in [-0.3, -0.25) is 4.79 Å². The van der Waals surface area contributed by atoms with Crippen molar-refractivity contribution in [3.05, 3.63) is 59.1 Å². The summed E-state index contributed by atoms with van der Waals surface area (Å²) in [6.07, 6.45) is 2.03. The molecule has 2 atom stereocenters. The van der Waals surface area contributed by atoms with Crippen LogP contribution in [0.5, 0.6) is 5.75 Å². The average molecular weight is 509 g/mol. The molecule has 0 unspecified atom stereocenters. The number of nitrogens with one attached hydrogen (secondary N) is 1. The van der Waals surface area contributed by atoms with Crippen molar-refractivity contribution < 1.29 is 19.0 Å². The van der Waals surface area contributed by atoms with Crippen molar-refractivity contribution in [3.63, 3.8) is 0 Å². The fraction of sp³-hybridized carbons (Fsp3) is 0.280. The monoisotopic (exact) mass is 508 g/mol. The first-order valence-corrected chi connectivity index (χ1v) is 12.2. The molecule has 0 aliphatic carbocycles. The zero-order valence-electron chi connectivity index (χ0n) is 19.7. The number of hydrogen-bond donors (Lipinski definition) is 3. The molecule has 11 heteroatoms. The standard InChI is InChI=1S/C25H25FN6O3S/c1-13-29-22-20(36-13)7-6-17(23(22)32-11-14(27)10-15(32)12-33)31-25(34)18-8-9-28-24(30-18)21-16(26)4-3-5-19(21)35-2/h3-9,14-15,33H,10-12,27H2,1-2H3,(H,31,34)/t14-,15-/m0/s1. The van der Waals surface area contributed by atoms with Crippen LogP contribution >= 0.6 is 11.3 Å². The summed E-state index contributed by atoms with van der Waals surface area (Å²) in [5.74, 6) is -0.751. The Balaban J connectivity index is 1.53. The van der Waals surface area contributed by atoms with Crippen LogP contribution in [0.25, 0.3) is 21.6 Å². The lowest BCUT2D eigenvalue weighted by atomic mass is 10.1. The normalized spacial score (nSPS) is 17.5. The Morgan fingerprint density at radius 2 is 2.14 bits per heavy atom. The van der Waals surface area contributed by atoms with Crippen molar-refractivity contribution >= 4 is 38.8 Å². The number of aromatic nitrogens is 3. The van der Waals surface area contributed by atoms with Gasteiger partial charge < -0.3 is 25.8 Å². The van der Waals surface area contributed by atoms with Crippen molar-refractivity contribution in [2.24, 2.45) is 5.73 Å². The van der Waals surface area contributed by atoms with E-state index in [0.717, 1.165) is 15.2 Å². The van der Waals surface area contributed by atoms with Gasteiger partial charge in [-0.1, -0.05) is 6.07 Å². The van der Waals surface area contributed by atoms with E-state index in [9.17, 15) is 14.3 Å². The van der Waals surface area contributed by atoms with Crippen molar-refractivity contribution in [2.45, 2.75) is 25.4 Å². The van der Waals surface area contributed by atoms with Gasteiger partial charge in [0.1, 0.15) is 22.8 Å². The zero-order valence-corrected chi connectivity index (χ0v) is 20.6. The topological polar surface area (TPSA) is 126 Å². The Morgan fingerprint density at radius 1 is 1.31 bits per heavy atom. The van der Waals surface area contributed by atoms with E-state index in [1.54, 1.807) is 17.4 Å². The number of amides is 1. The highest BCUT2D eigenvalue weighted by Gasteiger charge is 2.33. The number of carbonyl (C=O) groups is 1. The number of rotatable bonds is 6. The third-order valence-corrected chi connectivity index (χ3v) is 7.08.